The van der Waals surface area contributed by atoms with Crippen molar-refractivity contribution in [2.75, 3.05) is 0 Å². The summed E-state index contributed by atoms with van der Waals surface area (Å²) >= 11 is 5.91. The fraction of sp³-hybridized carbons (Fsp3) is 0.875. The highest BCUT2D eigenvalue weighted by molar-refractivity contribution is 6.25. The summed E-state index contributed by atoms with van der Waals surface area (Å²) < 4.78 is 0. The zero-order valence-corrected chi connectivity index (χ0v) is 7.07. The zero-order chi connectivity index (χ0) is 7.02. The predicted molar refractivity (Wildman–Crippen MR) is 41.5 cm³/mol. The molecule has 0 aromatic rings. The summed E-state index contributed by atoms with van der Waals surface area (Å²) in [4.78, 5) is 0. The summed E-state index contributed by atoms with van der Waals surface area (Å²) in [6.45, 7) is 6.65. The van der Waals surface area contributed by atoms with Crippen LogP contribution in [0.15, 0.2) is 0 Å². The van der Waals surface area contributed by atoms with Crippen LogP contribution in [0.1, 0.15) is 27.2 Å². The van der Waals surface area contributed by atoms with Crippen molar-refractivity contribution >= 4 is 11.6 Å². The van der Waals surface area contributed by atoms with Crippen LogP contribution in [0.25, 0.3) is 0 Å². The van der Waals surface area contributed by atoms with Crippen LogP contribution < -0.4 is 0 Å². The van der Waals surface area contributed by atoms with E-state index >= 15 is 0 Å². The van der Waals surface area contributed by atoms with E-state index < -0.39 is 0 Å². The van der Waals surface area contributed by atoms with Crippen LogP contribution in [-0.4, -0.2) is 5.38 Å². The third-order valence-corrected chi connectivity index (χ3v) is 2.64. The molecule has 0 aromatic carbocycles. The van der Waals surface area contributed by atoms with Gasteiger partial charge in [0, 0.05) is 5.38 Å². The normalized spacial score (nSPS) is 35.7. The second-order valence-corrected chi connectivity index (χ2v) is 3.85. The van der Waals surface area contributed by atoms with Crippen LogP contribution in [0.4, 0.5) is 0 Å². The molecule has 1 rings (SSSR count). The van der Waals surface area contributed by atoms with Gasteiger partial charge in [0.15, 0.2) is 0 Å². The van der Waals surface area contributed by atoms with Gasteiger partial charge >= 0.3 is 0 Å². The second kappa shape index (κ2) is 2.49. The Kier molecular flexibility index (Phi) is 2.05. The molecular weight excluding hydrogens is 132 g/mol. The molecule has 0 saturated heterocycles. The Balaban J connectivity index is 2.18. The molecule has 0 aliphatic heterocycles. The molecule has 1 aliphatic rings. The summed E-state index contributed by atoms with van der Waals surface area (Å²) in [6.07, 6.45) is 1.28. The highest BCUT2D eigenvalue weighted by Crippen LogP contribution is 2.49. The zero-order valence-electron chi connectivity index (χ0n) is 6.32. The lowest BCUT2D eigenvalue weighted by molar-refractivity contribution is 0.545. The number of alkyl halides is 1. The van der Waals surface area contributed by atoms with Crippen molar-refractivity contribution < 1.29 is 0 Å². The molecular formula is C8H14Cl. The van der Waals surface area contributed by atoms with Crippen molar-refractivity contribution in [2.24, 2.45) is 11.8 Å². The lowest BCUT2D eigenvalue weighted by Crippen LogP contribution is -1.90. The number of hydrogen-bond acceptors (Lipinski definition) is 0. The van der Waals surface area contributed by atoms with E-state index in [2.05, 4.69) is 20.8 Å². The maximum Gasteiger partial charge on any atom is 0.0432 e. The third-order valence-electron chi connectivity index (χ3n) is 1.99. The summed E-state index contributed by atoms with van der Waals surface area (Å²) in [5, 5.41) is 0.410. The predicted octanol–water partition coefficient (Wildman–Crippen LogP) is 2.86. The molecule has 9 heavy (non-hydrogen) atoms. The Bertz CT molecular complexity index is 90.7. The van der Waals surface area contributed by atoms with Crippen molar-refractivity contribution in [3.8, 4) is 0 Å². The van der Waals surface area contributed by atoms with E-state index in [1.165, 1.54) is 12.3 Å². The van der Waals surface area contributed by atoms with E-state index in [1.807, 2.05) is 0 Å². The number of rotatable bonds is 2. The third kappa shape index (κ3) is 1.61. The van der Waals surface area contributed by atoms with Crippen LogP contribution in [0.3, 0.4) is 0 Å². The molecule has 1 radical (unpaired) electrons. The monoisotopic (exact) mass is 145 g/mol. The van der Waals surface area contributed by atoms with Gasteiger partial charge in [-0.3, -0.25) is 0 Å². The molecule has 0 spiro atoms. The first-order valence-electron chi connectivity index (χ1n) is 3.60. The van der Waals surface area contributed by atoms with Gasteiger partial charge < -0.3 is 0 Å². The van der Waals surface area contributed by atoms with Gasteiger partial charge in [-0.25, -0.2) is 0 Å². The molecule has 0 N–H and O–H groups in total. The number of hydrogen-bond donors (Lipinski definition) is 0. The van der Waals surface area contributed by atoms with Crippen molar-refractivity contribution in [3.63, 3.8) is 0 Å². The largest absolute Gasteiger partial charge is 0.122 e. The van der Waals surface area contributed by atoms with Gasteiger partial charge in [-0.15, -0.1) is 11.6 Å². The number of halogens is 1. The van der Waals surface area contributed by atoms with Crippen molar-refractivity contribution in [2.45, 2.75) is 32.6 Å². The van der Waals surface area contributed by atoms with Crippen LogP contribution in [0.5, 0.6) is 0 Å². The van der Waals surface area contributed by atoms with Gasteiger partial charge in [-0.1, -0.05) is 20.8 Å². The Morgan fingerprint density at radius 2 is 2.00 bits per heavy atom. The first kappa shape index (κ1) is 7.40. The van der Waals surface area contributed by atoms with Crippen molar-refractivity contribution in [3.05, 3.63) is 5.92 Å². The molecule has 53 valence electrons. The molecule has 0 amide bonds. The average Bonchev–Trinajstić information content (AvgIpc) is 2.22. The highest BCUT2D eigenvalue weighted by Gasteiger charge is 2.45. The summed E-state index contributed by atoms with van der Waals surface area (Å²) in [5.74, 6) is 3.03. The molecule has 0 bridgehead atoms. The maximum atomic E-state index is 5.91. The lowest BCUT2D eigenvalue weighted by atomic mass is 10.1. The smallest absolute Gasteiger partial charge is 0.0432 e. The van der Waals surface area contributed by atoms with E-state index in [4.69, 9.17) is 11.6 Å². The quantitative estimate of drug-likeness (QED) is 0.525. The second-order valence-electron chi connectivity index (χ2n) is 3.38. The Morgan fingerprint density at radius 1 is 1.56 bits per heavy atom. The van der Waals surface area contributed by atoms with Gasteiger partial charge in [0.05, 0.1) is 0 Å². The Morgan fingerprint density at radius 3 is 2.11 bits per heavy atom. The van der Waals surface area contributed by atoms with Crippen LogP contribution in [0.2, 0.25) is 0 Å². The van der Waals surface area contributed by atoms with E-state index in [0.29, 0.717) is 5.38 Å². The summed E-state index contributed by atoms with van der Waals surface area (Å²) in [5.41, 5.74) is 0. The standard InChI is InChI=1S/C8H14Cl/c1-5(2)4-7-6(3)8(7)9/h5,7-8H,4H2,1-3H3. The van der Waals surface area contributed by atoms with Crippen LogP contribution in [0, 0.1) is 17.8 Å². The molecule has 2 unspecified atom stereocenters. The average molecular weight is 146 g/mol. The van der Waals surface area contributed by atoms with Gasteiger partial charge in [0.2, 0.25) is 0 Å². The molecule has 2 atom stereocenters. The topological polar surface area (TPSA) is 0 Å². The van der Waals surface area contributed by atoms with E-state index in [0.717, 1.165) is 11.8 Å². The van der Waals surface area contributed by atoms with Crippen molar-refractivity contribution in [1.29, 1.82) is 0 Å². The Labute approximate surface area is 62.6 Å². The fourth-order valence-corrected chi connectivity index (χ4v) is 1.62. The molecule has 0 heterocycles. The first-order chi connectivity index (χ1) is 4.13. The van der Waals surface area contributed by atoms with Gasteiger partial charge in [0.1, 0.15) is 0 Å². The fourth-order valence-electron chi connectivity index (χ4n) is 1.23. The molecule has 1 aliphatic carbocycles. The van der Waals surface area contributed by atoms with E-state index in [9.17, 15) is 0 Å². The summed E-state index contributed by atoms with van der Waals surface area (Å²) in [7, 11) is 0. The van der Waals surface area contributed by atoms with E-state index in [-0.39, 0.29) is 0 Å². The SMILES string of the molecule is C[C]1C(Cl)C1CC(C)C. The van der Waals surface area contributed by atoms with Gasteiger partial charge in [0.25, 0.3) is 0 Å². The molecule has 0 nitrogen and oxygen atoms in total. The molecule has 1 fully saturated rings. The highest BCUT2D eigenvalue weighted by atomic mass is 35.5. The lowest BCUT2D eigenvalue weighted by Gasteiger charge is -1.99. The van der Waals surface area contributed by atoms with Gasteiger partial charge in [-0.2, -0.15) is 0 Å². The molecule has 1 saturated carbocycles. The minimum Gasteiger partial charge on any atom is -0.122 e. The van der Waals surface area contributed by atoms with Gasteiger partial charge in [-0.05, 0) is 24.2 Å². The summed E-state index contributed by atoms with van der Waals surface area (Å²) in [6, 6.07) is 0. The first-order valence-corrected chi connectivity index (χ1v) is 4.04. The molecule has 1 heteroatoms. The van der Waals surface area contributed by atoms with Crippen LogP contribution >= 0.6 is 11.6 Å². The van der Waals surface area contributed by atoms with Crippen LogP contribution in [-0.2, 0) is 0 Å². The molecule has 0 aromatic heterocycles. The Hall–Kier alpha value is 0.290. The maximum absolute atomic E-state index is 5.91. The van der Waals surface area contributed by atoms with E-state index in [1.54, 1.807) is 0 Å². The minimum absolute atomic E-state index is 0.410. The minimum atomic E-state index is 0.410. The van der Waals surface area contributed by atoms with Crippen molar-refractivity contribution in [1.82, 2.24) is 0 Å².